The van der Waals surface area contributed by atoms with Crippen molar-refractivity contribution < 1.29 is 4.55 Å². The maximum atomic E-state index is 12.1. The van der Waals surface area contributed by atoms with Crippen molar-refractivity contribution in [1.82, 2.24) is 9.71 Å². The van der Waals surface area contributed by atoms with Gasteiger partial charge >= 0.3 is 0 Å². The van der Waals surface area contributed by atoms with E-state index in [1.54, 1.807) is 0 Å². The van der Waals surface area contributed by atoms with Crippen LogP contribution in [0.5, 0.6) is 0 Å². The summed E-state index contributed by atoms with van der Waals surface area (Å²) in [6.45, 7) is 2.71. The van der Waals surface area contributed by atoms with E-state index in [0.29, 0.717) is 6.54 Å². The van der Waals surface area contributed by atoms with Gasteiger partial charge in [-0.05, 0) is 37.1 Å². The number of rotatable bonds is 5. The summed E-state index contributed by atoms with van der Waals surface area (Å²) >= 11 is -1.15. The zero-order valence-corrected chi connectivity index (χ0v) is 12.7. The summed E-state index contributed by atoms with van der Waals surface area (Å²) in [5.74, 6) is 0. The van der Waals surface area contributed by atoms with Gasteiger partial charge in [0, 0.05) is 23.6 Å². The molecule has 0 saturated carbocycles. The van der Waals surface area contributed by atoms with Crippen molar-refractivity contribution in [3.8, 4) is 0 Å². The first-order valence-corrected chi connectivity index (χ1v) is 8.16. The Kier molecular flexibility index (Phi) is 4.29. The summed E-state index contributed by atoms with van der Waals surface area (Å²) in [7, 11) is 0. The van der Waals surface area contributed by atoms with Crippen LogP contribution >= 0.6 is 0 Å². The lowest BCUT2D eigenvalue weighted by Gasteiger charge is -2.10. The van der Waals surface area contributed by atoms with Gasteiger partial charge in [-0.3, -0.25) is 0 Å². The number of aromatic amines is 1. The van der Waals surface area contributed by atoms with Crippen LogP contribution in [0.3, 0.4) is 0 Å². The fourth-order valence-corrected chi connectivity index (χ4v) is 3.20. The predicted molar refractivity (Wildman–Crippen MR) is 87.6 cm³/mol. The standard InChI is InChI=1S/C17H18N2OS/c1-13-6-8-15(9-7-13)21(20)19-11-10-14-12-18-17-5-3-2-4-16(14)17/h2-9,12,18-19H,10-11H2,1H3/t21-/m0/s1. The topological polar surface area (TPSA) is 50.9 Å². The zero-order valence-electron chi connectivity index (χ0n) is 11.9. The largest absolute Gasteiger partial charge is 0.593 e. The number of hydrogen-bond acceptors (Lipinski definition) is 2. The average molecular weight is 298 g/mol. The van der Waals surface area contributed by atoms with Crippen molar-refractivity contribution in [1.29, 1.82) is 0 Å². The molecule has 0 bridgehead atoms. The van der Waals surface area contributed by atoms with Gasteiger partial charge in [-0.2, -0.15) is 0 Å². The van der Waals surface area contributed by atoms with Crippen molar-refractivity contribution in [2.75, 3.05) is 6.54 Å². The molecular weight excluding hydrogens is 280 g/mol. The summed E-state index contributed by atoms with van der Waals surface area (Å²) < 4.78 is 15.2. The summed E-state index contributed by atoms with van der Waals surface area (Å²) in [5.41, 5.74) is 3.57. The molecular formula is C17H18N2OS. The van der Waals surface area contributed by atoms with Gasteiger partial charge in [0.1, 0.15) is 0 Å². The van der Waals surface area contributed by atoms with Gasteiger partial charge in [0.2, 0.25) is 0 Å². The number of fused-ring (bicyclic) bond motifs is 1. The van der Waals surface area contributed by atoms with Crippen molar-refractivity contribution >= 4 is 22.3 Å². The quantitative estimate of drug-likeness (QED) is 0.710. The number of aryl methyl sites for hydroxylation is 1. The summed E-state index contributed by atoms with van der Waals surface area (Å²) in [6.07, 6.45) is 2.88. The molecule has 3 aromatic rings. The molecule has 0 aliphatic carbocycles. The molecule has 4 heteroatoms. The summed E-state index contributed by atoms with van der Waals surface area (Å²) in [4.78, 5) is 4.08. The van der Waals surface area contributed by atoms with Crippen LogP contribution in [-0.4, -0.2) is 16.1 Å². The van der Waals surface area contributed by atoms with E-state index in [-0.39, 0.29) is 0 Å². The van der Waals surface area contributed by atoms with Crippen molar-refractivity contribution in [2.45, 2.75) is 18.2 Å². The van der Waals surface area contributed by atoms with Crippen LogP contribution in [0.1, 0.15) is 11.1 Å². The lowest BCUT2D eigenvalue weighted by atomic mass is 10.1. The molecule has 0 aliphatic heterocycles. The van der Waals surface area contributed by atoms with Crippen molar-refractivity contribution in [2.24, 2.45) is 0 Å². The second-order valence-electron chi connectivity index (χ2n) is 5.09. The van der Waals surface area contributed by atoms with Crippen LogP contribution in [0.2, 0.25) is 0 Å². The Morgan fingerprint density at radius 3 is 2.67 bits per heavy atom. The number of H-pyrrole nitrogens is 1. The number of nitrogens with one attached hydrogen (secondary N) is 2. The average Bonchev–Trinajstić information content (AvgIpc) is 2.91. The molecule has 1 atom stereocenters. The Morgan fingerprint density at radius 2 is 1.86 bits per heavy atom. The highest BCUT2D eigenvalue weighted by Crippen LogP contribution is 2.18. The van der Waals surface area contributed by atoms with E-state index in [2.05, 4.69) is 21.8 Å². The van der Waals surface area contributed by atoms with Gasteiger partial charge in [0.05, 0.1) is 11.4 Å². The van der Waals surface area contributed by atoms with Crippen LogP contribution in [0.4, 0.5) is 0 Å². The number of para-hydroxylation sites is 1. The van der Waals surface area contributed by atoms with Crippen LogP contribution in [0.25, 0.3) is 10.9 Å². The highest BCUT2D eigenvalue weighted by Gasteiger charge is 2.10. The van der Waals surface area contributed by atoms with Gasteiger partial charge in [0.25, 0.3) is 0 Å². The van der Waals surface area contributed by atoms with Crippen LogP contribution in [0.15, 0.2) is 59.6 Å². The number of benzene rings is 2. The van der Waals surface area contributed by atoms with E-state index in [9.17, 15) is 4.55 Å². The molecule has 0 saturated heterocycles. The Labute approximate surface area is 127 Å². The third kappa shape index (κ3) is 3.29. The number of aromatic nitrogens is 1. The molecule has 108 valence electrons. The van der Waals surface area contributed by atoms with Gasteiger partial charge in [-0.15, -0.1) is 4.72 Å². The minimum absolute atomic E-state index is 0.683. The first kappa shape index (κ1) is 14.2. The van der Waals surface area contributed by atoms with Gasteiger partial charge in [-0.1, -0.05) is 35.9 Å². The van der Waals surface area contributed by atoms with E-state index < -0.39 is 11.4 Å². The molecule has 3 nitrogen and oxygen atoms in total. The van der Waals surface area contributed by atoms with Gasteiger partial charge in [-0.25, -0.2) is 0 Å². The highest BCUT2D eigenvalue weighted by molar-refractivity contribution is 7.89. The van der Waals surface area contributed by atoms with Gasteiger partial charge in [0.15, 0.2) is 4.90 Å². The molecule has 0 unspecified atom stereocenters. The van der Waals surface area contributed by atoms with Gasteiger partial charge < -0.3 is 9.54 Å². The first-order valence-electron chi connectivity index (χ1n) is 7.01. The molecule has 2 aromatic carbocycles. The maximum absolute atomic E-state index is 12.1. The maximum Gasteiger partial charge on any atom is 0.173 e. The number of hydrogen-bond donors (Lipinski definition) is 2. The second kappa shape index (κ2) is 6.35. The lowest BCUT2D eigenvalue weighted by Crippen LogP contribution is -2.25. The molecule has 0 amide bonds. The normalized spacial score (nSPS) is 12.7. The SMILES string of the molecule is Cc1ccc([S@+]([O-])NCCc2c[nH]c3ccccc23)cc1. The fourth-order valence-electron chi connectivity index (χ4n) is 2.36. The fraction of sp³-hybridized carbons (Fsp3) is 0.176. The Bertz CT molecular complexity index is 721. The predicted octanol–water partition coefficient (Wildman–Crippen LogP) is 3.33. The Balaban J connectivity index is 1.59. The van der Waals surface area contributed by atoms with E-state index in [1.807, 2.05) is 49.5 Å². The molecule has 1 aromatic heterocycles. The van der Waals surface area contributed by atoms with E-state index in [4.69, 9.17) is 0 Å². The molecule has 0 fully saturated rings. The third-order valence-electron chi connectivity index (χ3n) is 3.54. The Hall–Kier alpha value is -1.75. The zero-order chi connectivity index (χ0) is 14.7. The van der Waals surface area contributed by atoms with Crippen LogP contribution < -0.4 is 4.72 Å². The van der Waals surface area contributed by atoms with E-state index in [0.717, 1.165) is 16.8 Å². The van der Waals surface area contributed by atoms with Crippen molar-refractivity contribution in [3.05, 3.63) is 65.9 Å². The molecule has 3 rings (SSSR count). The summed E-state index contributed by atoms with van der Waals surface area (Å²) in [5, 5.41) is 1.24. The molecule has 0 spiro atoms. The Morgan fingerprint density at radius 1 is 1.10 bits per heavy atom. The monoisotopic (exact) mass is 298 g/mol. The second-order valence-corrected chi connectivity index (χ2v) is 6.38. The lowest BCUT2D eigenvalue weighted by molar-refractivity contribution is 0.580. The minimum Gasteiger partial charge on any atom is -0.593 e. The minimum atomic E-state index is -1.15. The first-order chi connectivity index (χ1) is 10.2. The van der Waals surface area contributed by atoms with Crippen LogP contribution in [-0.2, 0) is 17.8 Å². The van der Waals surface area contributed by atoms with E-state index >= 15 is 0 Å². The molecule has 1 heterocycles. The third-order valence-corrected chi connectivity index (χ3v) is 4.70. The van der Waals surface area contributed by atoms with E-state index in [1.165, 1.54) is 16.5 Å². The highest BCUT2D eigenvalue weighted by atomic mass is 32.2. The van der Waals surface area contributed by atoms with Crippen LogP contribution in [0, 0.1) is 6.92 Å². The molecule has 0 aliphatic rings. The smallest absolute Gasteiger partial charge is 0.173 e. The molecule has 2 N–H and O–H groups in total. The summed E-state index contributed by atoms with van der Waals surface area (Å²) in [6, 6.07) is 16.0. The molecule has 21 heavy (non-hydrogen) atoms. The van der Waals surface area contributed by atoms with Crippen molar-refractivity contribution in [3.63, 3.8) is 0 Å². The molecule has 0 radical (unpaired) electrons.